The van der Waals surface area contributed by atoms with Crippen molar-refractivity contribution in [3.8, 4) is 0 Å². The molecule has 2 aromatic heterocycles. The van der Waals surface area contributed by atoms with Crippen molar-refractivity contribution >= 4 is 11.6 Å². The minimum Gasteiger partial charge on any atom is -0.478 e. The molecule has 1 aliphatic rings. The summed E-state index contributed by atoms with van der Waals surface area (Å²) in [5.41, 5.74) is 0.920. The molecule has 3 heterocycles. The van der Waals surface area contributed by atoms with Crippen LogP contribution in [0.2, 0.25) is 0 Å². The van der Waals surface area contributed by atoms with Crippen LogP contribution in [0.4, 0.5) is 0 Å². The topological polar surface area (TPSA) is 70.7 Å². The minimum atomic E-state index is -0.948. The van der Waals surface area contributed by atoms with E-state index < -0.39 is 5.97 Å². The van der Waals surface area contributed by atoms with Gasteiger partial charge in [0.1, 0.15) is 0 Å². The zero-order valence-corrected chi connectivity index (χ0v) is 11.3. The van der Waals surface area contributed by atoms with E-state index in [1.54, 1.807) is 16.6 Å². The van der Waals surface area contributed by atoms with Crippen molar-refractivity contribution in [2.45, 2.75) is 32.2 Å². The maximum atomic E-state index is 10.9. The lowest BCUT2D eigenvalue weighted by molar-refractivity contribution is 0.0696. The number of nitrogens with zero attached hydrogens (tertiary/aromatic N) is 4. The normalized spacial score (nSPS) is 17.2. The Bertz CT molecular complexity index is 615. The van der Waals surface area contributed by atoms with Gasteiger partial charge in [0, 0.05) is 6.20 Å². The van der Waals surface area contributed by atoms with E-state index in [0.29, 0.717) is 5.65 Å². The molecule has 0 radical (unpaired) electrons. The maximum absolute atomic E-state index is 10.9. The molecule has 0 unspecified atom stereocenters. The van der Waals surface area contributed by atoms with E-state index >= 15 is 0 Å². The van der Waals surface area contributed by atoms with Crippen LogP contribution in [0.1, 0.15) is 41.9 Å². The third-order valence-corrected chi connectivity index (χ3v) is 3.69. The fourth-order valence-corrected chi connectivity index (χ4v) is 2.62. The number of carbonyl (C=O) groups is 1. The molecular weight excluding hydrogens is 256 g/mol. The molecule has 2 aromatic rings. The summed E-state index contributed by atoms with van der Waals surface area (Å²) in [4.78, 5) is 17.8. The molecule has 1 saturated heterocycles. The highest BCUT2D eigenvalue weighted by molar-refractivity contribution is 5.87. The molecule has 20 heavy (non-hydrogen) atoms. The van der Waals surface area contributed by atoms with Crippen molar-refractivity contribution < 1.29 is 9.90 Å². The summed E-state index contributed by atoms with van der Waals surface area (Å²) in [7, 11) is 0. The van der Waals surface area contributed by atoms with E-state index in [1.807, 2.05) is 0 Å². The lowest BCUT2D eigenvalue weighted by Gasteiger charge is -2.17. The van der Waals surface area contributed by atoms with Crippen LogP contribution >= 0.6 is 0 Å². The van der Waals surface area contributed by atoms with Crippen LogP contribution < -0.4 is 0 Å². The first-order chi connectivity index (χ1) is 9.72. The first kappa shape index (κ1) is 13.1. The fraction of sp³-hybridized carbons (Fsp3) is 0.500. The van der Waals surface area contributed by atoms with E-state index in [9.17, 15) is 4.79 Å². The maximum Gasteiger partial charge on any atom is 0.337 e. The highest BCUT2D eigenvalue weighted by Crippen LogP contribution is 2.12. The third-order valence-electron chi connectivity index (χ3n) is 3.69. The summed E-state index contributed by atoms with van der Waals surface area (Å²) in [5.74, 6) is -0.189. The highest BCUT2D eigenvalue weighted by atomic mass is 16.4. The van der Waals surface area contributed by atoms with Crippen molar-refractivity contribution in [2.24, 2.45) is 0 Å². The van der Waals surface area contributed by atoms with Crippen molar-refractivity contribution in [1.29, 1.82) is 0 Å². The van der Waals surface area contributed by atoms with Gasteiger partial charge in [0.2, 0.25) is 0 Å². The van der Waals surface area contributed by atoms with Gasteiger partial charge in [0.05, 0.1) is 12.1 Å². The summed E-state index contributed by atoms with van der Waals surface area (Å²) in [5, 5.41) is 13.4. The molecule has 0 saturated carbocycles. The lowest BCUT2D eigenvalue weighted by atomic mass is 10.2. The summed E-state index contributed by atoms with van der Waals surface area (Å²) in [6.07, 6.45) is 6.58. The molecule has 0 aromatic carbocycles. The number of pyridine rings is 1. The van der Waals surface area contributed by atoms with Gasteiger partial charge < -0.3 is 5.11 Å². The fourth-order valence-electron chi connectivity index (χ4n) is 2.62. The second-order valence-electron chi connectivity index (χ2n) is 5.24. The van der Waals surface area contributed by atoms with Gasteiger partial charge >= 0.3 is 5.97 Å². The van der Waals surface area contributed by atoms with Crippen molar-refractivity contribution in [2.75, 3.05) is 13.1 Å². The predicted molar refractivity (Wildman–Crippen MR) is 73.7 cm³/mol. The second kappa shape index (κ2) is 5.58. The Balaban J connectivity index is 1.79. The number of aromatic carboxylic acids is 1. The van der Waals surface area contributed by atoms with E-state index in [-0.39, 0.29) is 5.56 Å². The number of rotatable bonds is 3. The highest BCUT2D eigenvalue weighted by Gasteiger charge is 2.13. The minimum absolute atomic E-state index is 0.226. The Hall–Kier alpha value is -1.95. The Morgan fingerprint density at radius 2 is 1.95 bits per heavy atom. The van der Waals surface area contributed by atoms with E-state index in [0.717, 1.165) is 25.5 Å². The number of likely N-dealkylation sites (tertiary alicyclic amines) is 1. The number of hydrogen-bond donors (Lipinski definition) is 1. The zero-order valence-electron chi connectivity index (χ0n) is 11.3. The largest absolute Gasteiger partial charge is 0.478 e. The molecule has 6 heteroatoms. The monoisotopic (exact) mass is 274 g/mol. The van der Waals surface area contributed by atoms with Crippen molar-refractivity contribution in [3.63, 3.8) is 0 Å². The molecule has 106 valence electrons. The predicted octanol–water partition coefficient (Wildman–Crippen LogP) is 1.80. The van der Waals surface area contributed by atoms with Gasteiger partial charge in [-0.25, -0.2) is 14.3 Å². The second-order valence-corrected chi connectivity index (χ2v) is 5.24. The smallest absolute Gasteiger partial charge is 0.337 e. The summed E-state index contributed by atoms with van der Waals surface area (Å²) >= 11 is 0. The molecule has 0 amide bonds. The van der Waals surface area contributed by atoms with Gasteiger partial charge in [-0.2, -0.15) is 0 Å². The van der Waals surface area contributed by atoms with Crippen LogP contribution in [0.15, 0.2) is 18.3 Å². The van der Waals surface area contributed by atoms with Gasteiger partial charge in [-0.15, -0.1) is 5.10 Å². The molecule has 1 aliphatic heterocycles. The molecule has 0 aliphatic carbocycles. The van der Waals surface area contributed by atoms with Crippen molar-refractivity contribution in [1.82, 2.24) is 19.5 Å². The van der Waals surface area contributed by atoms with Crippen LogP contribution in [-0.4, -0.2) is 43.7 Å². The SMILES string of the molecule is O=C(O)c1ccc2nc(CN3CCCCCC3)nn2c1. The quantitative estimate of drug-likeness (QED) is 0.924. The Morgan fingerprint density at radius 3 is 2.65 bits per heavy atom. The average Bonchev–Trinajstić information content (AvgIpc) is 2.64. The Morgan fingerprint density at radius 1 is 1.20 bits per heavy atom. The van der Waals surface area contributed by atoms with Crippen LogP contribution in [0.5, 0.6) is 0 Å². The van der Waals surface area contributed by atoms with Gasteiger partial charge in [0.25, 0.3) is 0 Å². The summed E-state index contributed by atoms with van der Waals surface area (Å²) in [6.45, 7) is 2.93. The first-order valence-electron chi connectivity index (χ1n) is 7.03. The summed E-state index contributed by atoms with van der Waals surface area (Å²) in [6, 6.07) is 3.25. The zero-order chi connectivity index (χ0) is 13.9. The lowest BCUT2D eigenvalue weighted by Crippen LogP contribution is -2.24. The summed E-state index contributed by atoms with van der Waals surface area (Å²) < 4.78 is 1.55. The number of carboxylic acids is 1. The molecule has 6 nitrogen and oxygen atoms in total. The Labute approximate surface area is 117 Å². The molecule has 1 N–H and O–H groups in total. The van der Waals surface area contributed by atoms with E-state index in [4.69, 9.17) is 5.11 Å². The molecule has 0 bridgehead atoms. The van der Waals surface area contributed by atoms with E-state index in [1.165, 1.54) is 31.9 Å². The van der Waals surface area contributed by atoms with Crippen LogP contribution in [0, 0.1) is 0 Å². The van der Waals surface area contributed by atoms with Gasteiger partial charge in [-0.3, -0.25) is 4.90 Å². The molecular formula is C14H18N4O2. The molecule has 3 rings (SSSR count). The molecule has 0 atom stereocenters. The number of hydrogen-bond acceptors (Lipinski definition) is 4. The Kier molecular flexibility index (Phi) is 3.64. The molecule has 0 spiro atoms. The average molecular weight is 274 g/mol. The van der Waals surface area contributed by atoms with Crippen LogP contribution in [0.3, 0.4) is 0 Å². The first-order valence-corrected chi connectivity index (χ1v) is 7.03. The van der Waals surface area contributed by atoms with E-state index in [2.05, 4.69) is 15.0 Å². The number of carboxylic acid groups (broad SMARTS) is 1. The number of fused-ring (bicyclic) bond motifs is 1. The standard InChI is InChI=1S/C14H18N4O2/c19-14(20)11-5-6-13-15-12(16-18(13)9-11)10-17-7-3-1-2-4-8-17/h5-6,9H,1-4,7-8,10H2,(H,19,20). The van der Waals surface area contributed by atoms with Crippen LogP contribution in [-0.2, 0) is 6.54 Å². The van der Waals surface area contributed by atoms with Crippen LogP contribution in [0.25, 0.3) is 5.65 Å². The van der Waals surface area contributed by atoms with Crippen molar-refractivity contribution in [3.05, 3.63) is 29.7 Å². The van der Waals surface area contributed by atoms with Gasteiger partial charge in [-0.05, 0) is 38.1 Å². The van der Waals surface area contributed by atoms with Gasteiger partial charge in [0.15, 0.2) is 11.5 Å². The van der Waals surface area contributed by atoms with Gasteiger partial charge in [-0.1, -0.05) is 12.8 Å². The molecule has 1 fully saturated rings. The third kappa shape index (κ3) is 2.80. The number of aromatic nitrogens is 3.